The van der Waals surface area contributed by atoms with Crippen LogP contribution in [0.25, 0.3) is 0 Å². The Morgan fingerprint density at radius 1 is 1.04 bits per heavy atom. The molecule has 0 heterocycles. The molecule has 0 bridgehead atoms. The Hall–Kier alpha value is -3.42. The van der Waals surface area contributed by atoms with Gasteiger partial charge in [0.15, 0.2) is 0 Å². The van der Waals surface area contributed by atoms with E-state index in [1.807, 2.05) is 18.2 Å². The summed E-state index contributed by atoms with van der Waals surface area (Å²) in [5.74, 6) is 0.218. The SMILES string of the molecule is O=C(CNC(=O)Nc1cccc([N+](=O)[O-])c1)Nc1cccc(C2CCC2)c1. The lowest BCUT2D eigenvalue weighted by molar-refractivity contribution is -0.384. The van der Waals surface area contributed by atoms with E-state index in [0.29, 0.717) is 11.6 Å². The molecule has 0 radical (unpaired) electrons. The number of nitrogens with one attached hydrogen (secondary N) is 3. The summed E-state index contributed by atoms with van der Waals surface area (Å²) in [5.41, 5.74) is 2.06. The van der Waals surface area contributed by atoms with E-state index in [2.05, 4.69) is 22.0 Å². The normalized spacial score (nSPS) is 13.3. The van der Waals surface area contributed by atoms with Crippen molar-refractivity contribution in [1.29, 1.82) is 0 Å². The van der Waals surface area contributed by atoms with Gasteiger partial charge in [0.05, 0.1) is 11.5 Å². The summed E-state index contributed by atoms with van der Waals surface area (Å²) >= 11 is 0. The topological polar surface area (TPSA) is 113 Å². The molecule has 1 aliphatic rings. The van der Waals surface area contributed by atoms with E-state index in [0.717, 1.165) is 0 Å². The number of amides is 3. The monoisotopic (exact) mass is 368 g/mol. The van der Waals surface area contributed by atoms with Crippen LogP contribution >= 0.6 is 0 Å². The summed E-state index contributed by atoms with van der Waals surface area (Å²) in [6, 6.07) is 12.7. The van der Waals surface area contributed by atoms with Crippen molar-refractivity contribution in [2.45, 2.75) is 25.2 Å². The van der Waals surface area contributed by atoms with Crippen molar-refractivity contribution < 1.29 is 14.5 Å². The predicted octanol–water partition coefficient (Wildman–Crippen LogP) is 3.62. The molecule has 1 saturated carbocycles. The number of carbonyl (C=O) groups is 2. The van der Waals surface area contributed by atoms with Crippen LogP contribution in [0.15, 0.2) is 48.5 Å². The van der Waals surface area contributed by atoms with Crippen molar-refractivity contribution >= 4 is 29.0 Å². The molecule has 8 nitrogen and oxygen atoms in total. The lowest BCUT2D eigenvalue weighted by Crippen LogP contribution is -2.35. The number of non-ortho nitro benzene ring substituents is 1. The third-order valence-corrected chi connectivity index (χ3v) is 4.47. The highest BCUT2D eigenvalue weighted by molar-refractivity contribution is 5.97. The van der Waals surface area contributed by atoms with Crippen molar-refractivity contribution in [3.8, 4) is 0 Å². The van der Waals surface area contributed by atoms with E-state index in [1.54, 1.807) is 0 Å². The summed E-state index contributed by atoms with van der Waals surface area (Å²) in [6.45, 7) is -0.214. The fraction of sp³-hybridized carbons (Fsp3) is 0.263. The quantitative estimate of drug-likeness (QED) is 0.534. The van der Waals surface area contributed by atoms with Crippen LogP contribution in [-0.2, 0) is 4.79 Å². The van der Waals surface area contributed by atoms with Gasteiger partial charge in [0.25, 0.3) is 5.69 Å². The molecule has 0 spiro atoms. The third kappa shape index (κ3) is 5.04. The van der Waals surface area contributed by atoms with Gasteiger partial charge in [-0.2, -0.15) is 0 Å². The van der Waals surface area contributed by atoms with Gasteiger partial charge >= 0.3 is 6.03 Å². The standard InChI is InChI=1S/C19H20N4O4/c24-18(21-15-7-2-6-14(10-15)13-4-1-5-13)12-20-19(25)22-16-8-3-9-17(11-16)23(26)27/h2-3,6-11,13H,1,4-5,12H2,(H,21,24)(H2,20,22,25). The largest absolute Gasteiger partial charge is 0.329 e. The molecular formula is C19H20N4O4. The Balaban J connectivity index is 1.48. The third-order valence-electron chi connectivity index (χ3n) is 4.47. The van der Waals surface area contributed by atoms with Gasteiger partial charge in [-0.1, -0.05) is 24.6 Å². The van der Waals surface area contributed by atoms with Crippen LogP contribution in [0.3, 0.4) is 0 Å². The summed E-state index contributed by atoms with van der Waals surface area (Å²) in [4.78, 5) is 34.1. The van der Waals surface area contributed by atoms with Gasteiger partial charge < -0.3 is 16.0 Å². The first-order valence-electron chi connectivity index (χ1n) is 8.70. The zero-order chi connectivity index (χ0) is 19.2. The van der Waals surface area contributed by atoms with E-state index < -0.39 is 11.0 Å². The fourth-order valence-electron chi connectivity index (χ4n) is 2.85. The van der Waals surface area contributed by atoms with Crippen LogP contribution in [0.1, 0.15) is 30.7 Å². The highest BCUT2D eigenvalue weighted by Crippen LogP contribution is 2.36. The second-order valence-electron chi connectivity index (χ2n) is 6.42. The number of nitro groups is 1. The maximum atomic E-state index is 12.0. The lowest BCUT2D eigenvalue weighted by Gasteiger charge is -2.26. The molecule has 0 saturated heterocycles. The molecule has 0 aliphatic heterocycles. The minimum atomic E-state index is -0.617. The molecule has 0 unspecified atom stereocenters. The van der Waals surface area contributed by atoms with E-state index in [1.165, 1.54) is 49.1 Å². The van der Waals surface area contributed by atoms with Gasteiger partial charge in [0, 0.05) is 23.5 Å². The van der Waals surface area contributed by atoms with E-state index >= 15 is 0 Å². The highest BCUT2D eigenvalue weighted by Gasteiger charge is 2.19. The Labute approximate surface area is 156 Å². The molecule has 2 aromatic rings. The number of nitrogens with zero attached hydrogens (tertiary/aromatic N) is 1. The Bertz CT molecular complexity index is 864. The lowest BCUT2D eigenvalue weighted by atomic mass is 9.80. The van der Waals surface area contributed by atoms with Crippen molar-refractivity contribution in [1.82, 2.24) is 5.32 Å². The molecule has 2 aromatic carbocycles. The average Bonchev–Trinajstić information content (AvgIpc) is 2.59. The molecule has 1 aliphatic carbocycles. The maximum Gasteiger partial charge on any atom is 0.319 e. The number of urea groups is 1. The molecule has 3 rings (SSSR count). The number of nitro benzene ring substituents is 1. The summed E-state index contributed by atoms with van der Waals surface area (Å²) in [6.07, 6.45) is 3.60. The number of rotatable bonds is 6. The molecule has 8 heteroatoms. The first kappa shape index (κ1) is 18.4. The molecule has 0 aromatic heterocycles. The fourth-order valence-corrected chi connectivity index (χ4v) is 2.85. The van der Waals surface area contributed by atoms with Crippen LogP contribution in [-0.4, -0.2) is 23.4 Å². The van der Waals surface area contributed by atoms with Gasteiger partial charge in [-0.3, -0.25) is 14.9 Å². The second kappa shape index (κ2) is 8.31. The second-order valence-corrected chi connectivity index (χ2v) is 6.42. The van der Waals surface area contributed by atoms with Crippen LogP contribution in [0.2, 0.25) is 0 Å². The van der Waals surface area contributed by atoms with Crippen LogP contribution in [0, 0.1) is 10.1 Å². The summed E-state index contributed by atoms with van der Waals surface area (Å²) < 4.78 is 0. The Morgan fingerprint density at radius 2 is 1.74 bits per heavy atom. The van der Waals surface area contributed by atoms with E-state index in [4.69, 9.17) is 0 Å². The number of carbonyl (C=O) groups excluding carboxylic acids is 2. The predicted molar refractivity (Wildman–Crippen MR) is 102 cm³/mol. The maximum absolute atomic E-state index is 12.0. The minimum Gasteiger partial charge on any atom is -0.329 e. The molecule has 3 N–H and O–H groups in total. The van der Waals surface area contributed by atoms with E-state index in [9.17, 15) is 19.7 Å². The molecule has 140 valence electrons. The molecule has 0 atom stereocenters. The smallest absolute Gasteiger partial charge is 0.319 e. The van der Waals surface area contributed by atoms with Crippen molar-refractivity contribution in [3.05, 3.63) is 64.2 Å². The average molecular weight is 368 g/mol. The van der Waals surface area contributed by atoms with Crippen LogP contribution < -0.4 is 16.0 Å². The molecule has 3 amide bonds. The minimum absolute atomic E-state index is 0.128. The Morgan fingerprint density at radius 3 is 2.41 bits per heavy atom. The molecule has 1 fully saturated rings. The van der Waals surface area contributed by atoms with Gasteiger partial charge in [-0.25, -0.2) is 4.79 Å². The van der Waals surface area contributed by atoms with Crippen molar-refractivity contribution in [3.63, 3.8) is 0 Å². The summed E-state index contributed by atoms with van der Waals surface area (Å²) in [7, 11) is 0. The van der Waals surface area contributed by atoms with Crippen molar-refractivity contribution in [2.75, 3.05) is 17.2 Å². The van der Waals surface area contributed by atoms with Gasteiger partial charge in [-0.15, -0.1) is 0 Å². The number of hydrogen-bond donors (Lipinski definition) is 3. The number of benzene rings is 2. The van der Waals surface area contributed by atoms with E-state index in [-0.39, 0.29) is 23.8 Å². The summed E-state index contributed by atoms with van der Waals surface area (Å²) in [5, 5.41) is 18.4. The molecule has 27 heavy (non-hydrogen) atoms. The van der Waals surface area contributed by atoms with Gasteiger partial charge in [0.2, 0.25) is 5.91 Å². The first-order valence-corrected chi connectivity index (χ1v) is 8.70. The molecular weight excluding hydrogens is 348 g/mol. The number of anilines is 2. The number of hydrogen-bond acceptors (Lipinski definition) is 4. The van der Waals surface area contributed by atoms with Gasteiger partial charge in [-0.05, 0) is 42.5 Å². The zero-order valence-corrected chi connectivity index (χ0v) is 14.6. The van der Waals surface area contributed by atoms with Crippen molar-refractivity contribution in [2.24, 2.45) is 0 Å². The van der Waals surface area contributed by atoms with Crippen LogP contribution in [0.4, 0.5) is 21.9 Å². The van der Waals surface area contributed by atoms with Crippen LogP contribution in [0.5, 0.6) is 0 Å². The zero-order valence-electron chi connectivity index (χ0n) is 14.6. The first-order chi connectivity index (χ1) is 13.0. The highest BCUT2D eigenvalue weighted by atomic mass is 16.6. The van der Waals surface area contributed by atoms with Gasteiger partial charge in [0.1, 0.15) is 0 Å². The Kier molecular flexibility index (Phi) is 5.65.